The molecule has 0 aliphatic carbocycles. The van der Waals surface area contributed by atoms with Crippen molar-refractivity contribution in [1.82, 2.24) is 9.78 Å². The number of nitrogens with zero attached hydrogens (tertiary/aromatic N) is 2. The SMILES string of the molecule is OCc1cnn(Cc2ccccc2)c1C(F)(F)F. The van der Waals surface area contributed by atoms with Gasteiger partial charge >= 0.3 is 6.18 Å². The second kappa shape index (κ2) is 4.81. The monoisotopic (exact) mass is 256 g/mol. The Labute approximate surface area is 101 Å². The van der Waals surface area contributed by atoms with Gasteiger partial charge in [-0.05, 0) is 5.56 Å². The van der Waals surface area contributed by atoms with Crippen LogP contribution in [0.1, 0.15) is 16.8 Å². The topological polar surface area (TPSA) is 38.1 Å². The van der Waals surface area contributed by atoms with Crippen LogP contribution in [0.25, 0.3) is 0 Å². The third-order valence-corrected chi connectivity index (χ3v) is 2.53. The highest BCUT2D eigenvalue weighted by Gasteiger charge is 2.37. The minimum Gasteiger partial charge on any atom is -0.392 e. The molecular formula is C12H11F3N2O. The highest BCUT2D eigenvalue weighted by atomic mass is 19.4. The Kier molecular flexibility index (Phi) is 3.38. The first-order chi connectivity index (χ1) is 8.52. The molecule has 0 saturated carbocycles. The lowest BCUT2D eigenvalue weighted by Gasteiger charge is -2.12. The highest BCUT2D eigenvalue weighted by Crippen LogP contribution is 2.32. The molecule has 3 nitrogen and oxygen atoms in total. The number of aromatic nitrogens is 2. The fraction of sp³-hybridized carbons (Fsp3) is 0.250. The van der Waals surface area contributed by atoms with Crippen molar-refractivity contribution in [3.05, 3.63) is 53.3 Å². The molecule has 6 heteroatoms. The first-order valence-corrected chi connectivity index (χ1v) is 5.29. The molecule has 18 heavy (non-hydrogen) atoms. The van der Waals surface area contributed by atoms with Gasteiger partial charge in [0.15, 0.2) is 0 Å². The highest BCUT2D eigenvalue weighted by molar-refractivity contribution is 5.22. The average molecular weight is 256 g/mol. The summed E-state index contributed by atoms with van der Waals surface area (Å²) in [7, 11) is 0. The summed E-state index contributed by atoms with van der Waals surface area (Å²) in [6.07, 6.45) is -3.48. The van der Waals surface area contributed by atoms with Crippen LogP contribution in [0.5, 0.6) is 0 Å². The zero-order chi connectivity index (χ0) is 13.2. The van der Waals surface area contributed by atoms with Crippen LogP contribution in [0, 0.1) is 0 Å². The van der Waals surface area contributed by atoms with Crippen LogP contribution < -0.4 is 0 Å². The lowest BCUT2D eigenvalue weighted by Crippen LogP contribution is -2.17. The van der Waals surface area contributed by atoms with Crippen molar-refractivity contribution in [3.63, 3.8) is 0 Å². The first-order valence-electron chi connectivity index (χ1n) is 5.29. The van der Waals surface area contributed by atoms with Gasteiger partial charge in [0, 0.05) is 5.56 Å². The van der Waals surface area contributed by atoms with E-state index in [-0.39, 0.29) is 12.1 Å². The predicted octanol–water partition coefficient (Wildman–Crippen LogP) is 2.44. The fourth-order valence-corrected chi connectivity index (χ4v) is 1.74. The molecule has 0 bridgehead atoms. The van der Waals surface area contributed by atoms with E-state index in [1.807, 2.05) is 0 Å². The molecule has 0 spiro atoms. The largest absolute Gasteiger partial charge is 0.433 e. The van der Waals surface area contributed by atoms with E-state index >= 15 is 0 Å². The number of hydrogen-bond donors (Lipinski definition) is 1. The quantitative estimate of drug-likeness (QED) is 0.916. The molecule has 2 rings (SSSR count). The Morgan fingerprint density at radius 3 is 2.39 bits per heavy atom. The van der Waals surface area contributed by atoms with E-state index in [9.17, 15) is 13.2 Å². The van der Waals surface area contributed by atoms with Crippen LogP contribution in [-0.2, 0) is 19.3 Å². The maximum atomic E-state index is 12.9. The van der Waals surface area contributed by atoms with Crippen molar-refractivity contribution in [2.75, 3.05) is 0 Å². The molecule has 0 atom stereocenters. The van der Waals surface area contributed by atoms with E-state index in [2.05, 4.69) is 5.10 Å². The Bertz CT molecular complexity index is 520. The van der Waals surface area contributed by atoms with Crippen molar-refractivity contribution in [1.29, 1.82) is 0 Å². The molecule has 0 radical (unpaired) electrons. The minimum atomic E-state index is -4.52. The van der Waals surface area contributed by atoms with Gasteiger partial charge in [-0.15, -0.1) is 0 Å². The maximum absolute atomic E-state index is 12.9. The number of aliphatic hydroxyl groups is 1. The van der Waals surface area contributed by atoms with E-state index in [0.29, 0.717) is 0 Å². The molecule has 0 fully saturated rings. The Morgan fingerprint density at radius 1 is 1.17 bits per heavy atom. The second-order valence-electron chi connectivity index (χ2n) is 3.82. The van der Waals surface area contributed by atoms with E-state index in [0.717, 1.165) is 16.4 Å². The van der Waals surface area contributed by atoms with Crippen LogP contribution >= 0.6 is 0 Å². The number of alkyl halides is 3. The molecule has 1 heterocycles. The van der Waals surface area contributed by atoms with Crippen molar-refractivity contribution < 1.29 is 18.3 Å². The molecule has 96 valence electrons. The molecular weight excluding hydrogens is 245 g/mol. The Balaban J connectivity index is 2.37. The molecule has 2 aromatic rings. The summed E-state index contributed by atoms with van der Waals surface area (Å²) in [5.41, 5.74) is -0.386. The van der Waals surface area contributed by atoms with Gasteiger partial charge in [0.25, 0.3) is 0 Å². The molecule has 1 aromatic heterocycles. The lowest BCUT2D eigenvalue weighted by molar-refractivity contribution is -0.145. The summed E-state index contributed by atoms with van der Waals surface area (Å²) < 4.78 is 39.4. The van der Waals surface area contributed by atoms with Gasteiger partial charge in [0.1, 0.15) is 5.69 Å². The Morgan fingerprint density at radius 2 is 1.83 bits per heavy atom. The molecule has 0 aliphatic rings. The van der Waals surface area contributed by atoms with E-state index in [4.69, 9.17) is 5.11 Å². The average Bonchev–Trinajstić information content (AvgIpc) is 2.73. The summed E-state index contributed by atoms with van der Waals surface area (Å²) in [6, 6.07) is 8.73. The number of aliphatic hydroxyl groups excluding tert-OH is 1. The third-order valence-electron chi connectivity index (χ3n) is 2.53. The Hall–Kier alpha value is -1.82. The van der Waals surface area contributed by atoms with Gasteiger partial charge in [-0.3, -0.25) is 4.68 Å². The van der Waals surface area contributed by atoms with E-state index < -0.39 is 18.5 Å². The second-order valence-corrected chi connectivity index (χ2v) is 3.82. The van der Waals surface area contributed by atoms with Gasteiger partial charge in [0.2, 0.25) is 0 Å². The number of benzene rings is 1. The molecule has 1 N–H and O–H groups in total. The van der Waals surface area contributed by atoms with Crippen molar-refractivity contribution in [2.24, 2.45) is 0 Å². The summed E-state index contributed by atoms with van der Waals surface area (Å²) in [5.74, 6) is 0. The van der Waals surface area contributed by atoms with Gasteiger partial charge in [-0.25, -0.2) is 0 Å². The number of rotatable bonds is 3. The fourth-order valence-electron chi connectivity index (χ4n) is 1.74. The molecule has 0 aliphatic heterocycles. The van der Waals surface area contributed by atoms with Gasteiger partial charge < -0.3 is 5.11 Å². The minimum absolute atomic E-state index is 0.0235. The zero-order valence-electron chi connectivity index (χ0n) is 9.35. The smallest absolute Gasteiger partial charge is 0.392 e. The summed E-state index contributed by atoms with van der Waals surface area (Å²) in [4.78, 5) is 0. The first kappa shape index (κ1) is 12.6. The van der Waals surface area contributed by atoms with Crippen LogP contribution in [-0.4, -0.2) is 14.9 Å². The summed E-state index contributed by atoms with van der Waals surface area (Å²) in [6.45, 7) is -0.653. The summed E-state index contributed by atoms with van der Waals surface area (Å²) >= 11 is 0. The van der Waals surface area contributed by atoms with Crippen LogP contribution in [0.15, 0.2) is 36.5 Å². The number of halogens is 3. The molecule has 0 amide bonds. The van der Waals surface area contributed by atoms with Crippen molar-refractivity contribution >= 4 is 0 Å². The maximum Gasteiger partial charge on any atom is 0.433 e. The normalized spacial score (nSPS) is 11.8. The summed E-state index contributed by atoms with van der Waals surface area (Å²) in [5, 5.41) is 12.6. The third kappa shape index (κ3) is 2.53. The number of hydrogen-bond acceptors (Lipinski definition) is 2. The molecule has 1 aromatic carbocycles. The van der Waals surface area contributed by atoms with Crippen LogP contribution in [0.2, 0.25) is 0 Å². The van der Waals surface area contributed by atoms with Gasteiger partial charge in [0.05, 0.1) is 19.3 Å². The van der Waals surface area contributed by atoms with Crippen LogP contribution in [0.4, 0.5) is 13.2 Å². The van der Waals surface area contributed by atoms with E-state index in [1.165, 1.54) is 0 Å². The van der Waals surface area contributed by atoms with Gasteiger partial charge in [-0.1, -0.05) is 30.3 Å². The lowest BCUT2D eigenvalue weighted by atomic mass is 10.2. The molecule has 0 unspecified atom stereocenters. The van der Waals surface area contributed by atoms with Crippen LogP contribution in [0.3, 0.4) is 0 Å². The van der Waals surface area contributed by atoms with Gasteiger partial charge in [-0.2, -0.15) is 18.3 Å². The van der Waals surface area contributed by atoms with Crippen molar-refractivity contribution in [3.8, 4) is 0 Å². The van der Waals surface area contributed by atoms with E-state index in [1.54, 1.807) is 30.3 Å². The van der Waals surface area contributed by atoms with Crippen molar-refractivity contribution in [2.45, 2.75) is 19.3 Å². The molecule has 0 saturated heterocycles. The zero-order valence-corrected chi connectivity index (χ0v) is 9.35. The standard InChI is InChI=1S/C12H11F3N2O/c13-12(14,15)11-10(8-18)6-16-17(11)7-9-4-2-1-3-5-9/h1-6,18H,7-8H2. The predicted molar refractivity (Wildman–Crippen MR) is 58.7 cm³/mol.